The Labute approximate surface area is 170 Å². The lowest BCUT2D eigenvalue weighted by atomic mass is 10.0. The van der Waals surface area contributed by atoms with E-state index in [2.05, 4.69) is 34.5 Å². The Morgan fingerprint density at radius 3 is 2.07 bits per heavy atom. The van der Waals surface area contributed by atoms with E-state index in [4.69, 9.17) is 0 Å². The zero-order valence-corrected chi connectivity index (χ0v) is 16.2. The van der Waals surface area contributed by atoms with Crippen molar-refractivity contribution in [2.24, 2.45) is 0 Å². The lowest BCUT2D eigenvalue weighted by Crippen LogP contribution is -3.16. The Morgan fingerprint density at radius 2 is 1.45 bits per heavy atom. The average molecular weight is 390 g/mol. The maximum Gasteiger partial charge on any atom is 0.287 e. The largest absolute Gasteiger partial charge is 0.360 e. The fourth-order valence-electron chi connectivity index (χ4n) is 3.95. The molecule has 1 aliphatic rings. The Kier molecular flexibility index (Phi) is 5.86. The summed E-state index contributed by atoms with van der Waals surface area (Å²) in [6.07, 6.45) is 0. The van der Waals surface area contributed by atoms with E-state index in [9.17, 15) is 9.18 Å². The first-order valence-corrected chi connectivity index (χ1v) is 9.97. The van der Waals surface area contributed by atoms with Gasteiger partial charge in [0.15, 0.2) is 6.04 Å². The van der Waals surface area contributed by atoms with Crippen molar-refractivity contribution in [2.45, 2.75) is 6.04 Å². The second-order valence-corrected chi connectivity index (χ2v) is 7.32. The van der Waals surface area contributed by atoms with Crippen LogP contribution in [-0.2, 0) is 4.79 Å². The third kappa shape index (κ3) is 4.63. The molecule has 0 radical (unpaired) electrons. The van der Waals surface area contributed by atoms with Gasteiger partial charge in [0.25, 0.3) is 5.91 Å². The van der Waals surface area contributed by atoms with Crippen LogP contribution in [0.4, 0.5) is 15.8 Å². The molecule has 0 aliphatic carbocycles. The molecule has 0 saturated carbocycles. The highest BCUT2D eigenvalue weighted by Crippen LogP contribution is 2.17. The number of benzene rings is 3. The van der Waals surface area contributed by atoms with Gasteiger partial charge < -0.3 is 15.1 Å². The molecule has 1 saturated heterocycles. The molecule has 4 nitrogen and oxygen atoms in total. The Bertz CT molecular complexity index is 923. The summed E-state index contributed by atoms with van der Waals surface area (Å²) in [5, 5.41) is 2.97. The first-order valence-electron chi connectivity index (χ1n) is 9.97. The Balaban J connectivity index is 1.51. The zero-order chi connectivity index (χ0) is 20.1. The van der Waals surface area contributed by atoms with E-state index >= 15 is 0 Å². The summed E-state index contributed by atoms with van der Waals surface area (Å²) in [6, 6.07) is 25.9. The molecular formula is C24H25FN3O+. The Morgan fingerprint density at radius 1 is 0.862 bits per heavy atom. The fourth-order valence-corrected chi connectivity index (χ4v) is 3.95. The number of anilines is 2. The predicted molar refractivity (Wildman–Crippen MR) is 114 cm³/mol. The van der Waals surface area contributed by atoms with Crippen molar-refractivity contribution < 1.29 is 14.1 Å². The van der Waals surface area contributed by atoms with Crippen LogP contribution in [0.3, 0.4) is 0 Å². The molecule has 4 rings (SSSR count). The first kappa shape index (κ1) is 19.2. The van der Waals surface area contributed by atoms with E-state index in [1.54, 1.807) is 12.1 Å². The van der Waals surface area contributed by atoms with Crippen molar-refractivity contribution in [3.05, 3.63) is 96.3 Å². The van der Waals surface area contributed by atoms with Crippen LogP contribution < -0.4 is 15.1 Å². The topological polar surface area (TPSA) is 36.8 Å². The molecule has 0 spiro atoms. The molecule has 0 unspecified atom stereocenters. The van der Waals surface area contributed by atoms with Gasteiger partial charge in [-0.3, -0.25) is 4.79 Å². The van der Waals surface area contributed by atoms with Crippen LogP contribution in [0, 0.1) is 5.82 Å². The number of piperazine rings is 1. The summed E-state index contributed by atoms with van der Waals surface area (Å²) >= 11 is 0. The van der Waals surface area contributed by atoms with Gasteiger partial charge in [-0.1, -0.05) is 48.5 Å². The number of para-hydroxylation sites is 1. The van der Waals surface area contributed by atoms with Crippen LogP contribution >= 0.6 is 0 Å². The maximum absolute atomic E-state index is 13.2. The molecule has 0 aromatic heterocycles. The van der Waals surface area contributed by atoms with E-state index in [0.717, 1.165) is 31.7 Å². The quantitative estimate of drug-likeness (QED) is 0.703. The summed E-state index contributed by atoms with van der Waals surface area (Å²) in [4.78, 5) is 16.8. The normalized spacial score (nSPS) is 15.7. The third-order valence-corrected chi connectivity index (χ3v) is 5.44. The number of halogens is 1. The lowest BCUT2D eigenvalue weighted by Gasteiger charge is -2.37. The molecule has 1 heterocycles. The van der Waals surface area contributed by atoms with Gasteiger partial charge in [0.05, 0.1) is 26.2 Å². The van der Waals surface area contributed by atoms with Crippen LogP contribution in [0.5, 0.6) is 0 Å². The molecule has 3 aromatic rings. The number of quaternary nitrogens is 1. The van der Waals surface area contributed by atoms with Crippen molar-refractivity contribution >= 4 is 17.3 Å². The minimum atomic E-state index is -0.315. The smallest absolute Gasteiger partial charge is 0.287 e. The number of rotatable bonds is 5. The van der Waals surface area contributed by atoms with Crippen molar-refractivity contribution in [3.8, 4) is 0 Å². The number of nitrogens with zero attached hydrogens (tertiary/aromatic N) is 1. The van der Waals surface area contributed by atoms with Crippen LogP contribution in [0.1, 0.15) is 11.6 Å². The van der Waals surface area contributed by atoms with Crippen LogP contribution in [0.15, 0.2) is 84.9 Å². The average Bonchev–Trinajstić information content (AvgIpc) is 2.77. The van der Waals surface area contributed by atoms with Crippen molar-refractivity contribution in [1.82, 2.24) is 0 Å². The molecule has 2 N–H and O–H groups in total. The van der Waals surface area contributed by atoms with Gasteiger partial charge in [-0.05, 0) is 36.4 Å². The zero-order valence-electron chi connectivity index (χ0n) is 16.2. The van der Waals surface area contributed by atoms with Gasteiger partial charge in [0, 0.05) is 16.9 Å². The standard InChI is InChI=1S/C24H24FN3O/c25-20-11-13-21(14-12-20)26-24(29)23(19-7-3-1-4-8-19)28-17-15-27(16-18-28)22-9-5-2-6-10-22/h1-14,23H,15-18H2,(H,26,29)/p+1/t23-/m0/s1. The van der Waals surface area contributed by atoms with E-state index in [-0.39, 0.29) is 17.8 Å². The summed E-state index contributed by atoms with van der Waals surface area (Å²) in [7, 11) is 0. The Hall–Kier alpha value is -3.18. The van der Waals surface area contributed by atoms with Crippen molar-refractivity contribution in [3.63, 3.8) is 0 Å². The first-order chi connectivity index (χ1) is 14.2. The van der Waals surface area contributed by atoms with E-state index in [0.29, 0.717) is 5.69 Å². The van der Waals surface area contributed by atoms with Crippen molar-refractivity contribution in [2.75, 3.05) is 36.4 Å². The lowest BCUT2D eigenvalue weighted by molar-refractivity contribution is -0.922. The van der Waals surface area contributed by atoms with Gasteiger partial charge >= 0.3 is 0 Å². The fraction of sp³-hybridized carbons (Fsp3) is 0.208. The number of amides is 1. The highest BCUT2D eigenvalue weighted by Gasteiger charge is 2.34. The summed E-state index contributed by atoms with van der Waals surface area (Å²) < 4.78 is 13.2. The van der Waals surface area contributed by atoms with Gasteiger partial charge in [-0.25, -0.2) is 4.39 Å². The second-order valence-electron chi connectivity index (χ2n) is 7.32. The molecule has 1 aliphatic heterocycles. The number of hydrogen-bond donors (Lipinski definition) is 2. The minimum absolute atomic E-state index is 0.0639. The van der Waals surface area contributed by atoms with Gasteiger partial charge in [0.1, 0.15) is 5.82 Å². The highest BCUT2D eigenvalue weighted by molar-refractivity contribution is 5.94. The molecule has 3 aromatic carbocycles. The molecule has 1 fully saturated rings. The summed E-state index contributed by atoms with van der Waals surface area (Å²) in [6.45, 7) is 3.52. The van der Waals surface area contributed by atoms with Crippen LogP contribution in [0.25, 0.3) is 0 Å². The van der Waals surface area contributed by atoms with Crippen molar-refractivity contribution in [1.29, 1.82) is 0 Å². The highest BCUT2D eigenvalue weighted by atomic mass is 19.1. The van der Waals surface area contributed by atoms with Gasteiger partial charge in [-0.2, -0.15) is 0 Å². The number of nitrogens with one attached hydrogen (secondary N) is 2. The predicted octanol–water partition coefficient (Wildman–Crippen LogP) is 2.91. The van der Waals surface area contributed by atoms with E-state index < -0.39 is 0 Å². The number of hydrogen-bond acceptors (Lipinski definition) is 2. The molecule has 29 heavy (non-hydrogen) atoms. The number of carbonyl (C=O) groups excluding carboxylic acids is 1. The molecule has 1 atom stereocenters. The van der Waals surface area contributed by atoms with Gasteiger partial charge in [-0.15, -0.1) is 0 Å². The van der Waals surface area contributed by atoms with Crippen LogP contribution in [-0.4, -0.2) is 32.1 Å². The second kappa shape index (κ2) is 8.88. The molecular weight excluding hydrogens is 365 g/mol. The minimum Gasteiger partial charge on any atom is -0.360 e. The SMILES string of the molecule is O=C(Nc1ccc(F)cc1)[C@H](c1ccccc1)[NH+]1CCN(c2ccccc2)CC1. The van der Waals surface area contributed by atoms with E-state index in [1.807, 2.05) is 36.4 Å². The van der Waals surface area contributed by atoms with Crippen LogP contribution in [0.2, 0.25) is 0 Å². The molecule has 1 amide bonds. The summed E-state index contributed by atoms with van der Waals surface area (Å²) in [5.74, 6) is -0.378. The monoisotopic (exact) mass is 390 g/mol. The maximum atomic E-state index is 13.2. The molecule has 5 heteroatoms. The van der Waals surface area contributed by atoms with Gasteiger partial charge in [0.2, 0.25) is 0 Å². The molecule has 0 bridgehead atoms. The third-order valence-electron chi connectivity index (χ3n) is 5.44. The summed E-state index contributed by atoms with van der Waals surface area (Å²) in [5.41, 5.74) is 2.83. The van der Waals surface area contributed by atoms with E-state index in [1.165, 1.54) is 22.7 Å². The molecule has 148 valence electrons. The number of carbonyl (C=O) groups is 1.